The van der Waals surface area contributed by atoms with Gasteiger partial charge in [-0.3, -0.25) is 4.79 Å². The van der Waals surface area contributed by atoms with Crippen LogP contribution in [-0.4, -0.2) is 4.57 Å². The van der Waals surface area contributed by atoms with Crippen molar-refractivity contribution in [1.29, 1.82) is 0 Å². The number of benzene rings is 1. The molecule has 0 aliphatic carbocycles. The van der Waals surface area contributed by atoms with Crippen LogP contribution in [0.25, 0.3) is 11.1 Å². The van der Waals surface area contributed by atoms with Crippen LogP contribution in [0.4, 0.5) is 13.2 Å². The first kappa shape index (κ1) is 12.4. The Kier molecular flexibility index (Phi) is 2.98. The van der Waals surface area contributed by atoms with Crippen LogP contribution in [-0.2, 0) is 13.2 Å². The molecule has 0 radical (unpaired) electrons. The lowest BCUT2D eigenvalue weighted by Crippen LogP contribution is -2.22. The van der Waals surface area contributed by atoms with Crippen LogP contribution < -0.4 is 5.43 Å². The Balaban J connectivity index is 2.71. The minimum atomic E-state index is -4.64. The summed E-state index contributed by atoms with van der Waals surface area (Å²) >= 11 is 0. The van der Waals surface area contributed by atoms with Crippen molar-refractivity contribution in [2.24, 2.45) is 7.05 Å². The van der Waals surface area contributed by atoms with Gasteiger partial charge in [-0.25, -0.2) is 0 Å². The van der Waals surface area contributed by atoms with E-state index in [9.17, 15) is 18.0 Å². The molecule has 0 N–H and O–H groups in total. The Morgan fingerprint density at radius 3 is 2.22 bits per heavy atom. The van der Waals surface area contributed by atoms with Crippen LogP contribution in [0, 0.1) is 0 Å². The Morgan fingerprint density at radius 2 is 1.67 bits per heavy atom. The van der Waals surface area contributed by atoms with Gasteiger partial charge in [-0.05, 0) is 5.56 Å². The zero-order valence-electron chi connectivity index (χ0n) is 9.53. The molecular weight excluding hydrogens is 243 g/mol. The SMILES string of the molecule is Cn1cc(-c2ccccc2)c(=O)c(C(F)(F)F)c1. The first-order valence-electron chi connectivity index (χ1n) is 5.22. The average molecular weight is 253 g/mol. The fourth-order valence-electron chi connectivity index (χ4n) is 1.73. The maximum absolute atomic E-state index is 12.7. The van der Waals surface area contributed by atoms with Gasteiger partial charge < -0.3 is 4.57 Å². The normalized spacial score (nSPS) is 11.6. The molecule has 0 unspecified atom stereocenters. The second-order valence-electron chi connectivity index (χ2n) is 3.94. The van der Waals surface area contributed by atoms with E-state index in [2.05, 4.69) is 0 Å². The van der Waals surface area contributed by atoms with Crippen molar-refractivity contribution in [2.75, 3.05) is 0 Å². The highest BCUT2D eigenvalue weighted by molar-refractivity contribution is 5.63. The Labute approximate surface area is 101 Å². The van der Waals surface area contributed by atoms with E-state index < -0.39 is 17.2 Å². The molecule has 0 fully saturated rings. The summed E-state index contributed by atoms with van der Waals surface area (Å²) in [5.74, 6) is 0. The molecule has 0 aliphatic heterocycles. The molecular formula is C13H10F3NO. The van der Waals surface area contributed by atoms with Crippen molar-refractivity contribution < 1.29 is 13.2 Å². The minimum Gasteiger partial charge on any atom is -0.356 e. The van der Waals surface area contributed by atoms with Gasteiger partial charge in [-0.15, -0.1) is 0 Å². The van der Waals surface area contributed by atoms with Gasteiger partial charge in [0.1, 0.15) is 5.56 Å². The smallest absolute Gasteiger partial charge is 0.356 e. The van der Waals surface area contributed by atoms with Crippen LogP contribution >= 0.6 is 0 Å². The van der Waals surface area contributed by atoms with Gasteiger partial charge in [0.05, 0.1) is 0 Å². The third-order valence-corrected chi connectivity index (χ3v) is 2.54. The minimum absolute atomic E-state index is 0.0490. The molecule has 94 valence electrons. The summed E-state index contributed by atoms with van der Waals surface area (Å²) in [4.78, 5) is 11.8. The third kappa shape index (κ3) is 2.30. The molecule has 0 atom stereocenters. The summed E-state index contributed by atoms with van der Waals surface area (Å²) in [5, 5.41) is 0. The summed E-state index contributed by atoms with van der Waals surface area (Å²) in [6.45, 7) is 0. The van der Waals surface area contributed by atoms with Gasteiger partial charge in [0.2, 0.25) is 5.43 Å². The molecule has 0 spiro atoms. The molecule has 0 aliphatic rings. The molecule has 5 heteroatoms. The van der Waals surface area contributed by atoms with Gasteiger partial charge in [-0.2, -0.15) is 13.2 Å². The number of halogens is 3. The number of aromatic nitrogens is 1. The van der Waals surface area contributed by atoms with E-state index in [0.29, 0.717) is 5.56 Å². The molecule has 0 bridgehead atoms. The molecule has 2 rings (SSSR count). The van der Waals surface area contributed by atoms with E-state index >= 15 is 0 Å². The Hall–Kier alpha value is -2.04. The van der Waals surface area contributed by atoms with Crippen LogP contribution in [0.5, 0.6) is 0 Å². The predicted molar refractivity (Wildman–Crippen MR) is 62.1 cm³/mol. The highest BCUT2D eigenvalue weighted by atomic mass is 19.4. The van der Waals surface area contributed by atoms with Crippen LogP contribution in [0.3, 0.4) is 0 Å². The Morgan fingerprint density at radius 1 is 1.06 bits per heavy atom. The van der Waals surface area contributed by atoms with Crippen molar-refractivity contribution in [1.82, 2.24) is 4.57 Å². The van der Waals surface area contributed by atoms with Crippen LogP contribution in [0.1, 0.15) is 5.56 Å². The first-order chi connectivity index (χ1) is 8.39. The zero-order chi connectivity index (χ0) is 13.3. The number of rotatable bonds is 1. The second-order valence-corrected chi connectivity index (χ2v) is 3.94. The summed E-state index contributed by atoms with van der Waals surface area (Å²) in [7, 11) is 1.46. The van der Waals surface area contributed by atoms with Gasteiger partial charge in [0, 0.05) is 25.0 Å². The highest BCUT2D eigenvalue weighted by Crippen LogP contribution is 2.28. The number of pyridine rings is 1. The van der Waals surface area contributed by atoms with E-state index in [1.807, 2.05) is 0 Å². The fourth-order valence-corrected chi connectivity index (χ4v) is 1.73. The van der Waals surface area contributed by atoms with Crippen molar-refractivity contribution in [3.8, 4) is 11.1 Å². The lowest BCUT2D eigenvalue weighted by atomic mass is 10.1. The van der Waals surface area contributed by atoms with Gasteiger partial charge in [-0.1, -0.05) is 30.3 Å². The number of hydrogen-bond acceptors (Lipinski definition) is 1. The van der Waals surface area contributed by atoms with E-state index in [-0.39, 0.29) is 5.56 Å². The number of aryl methyl sites for hydroxylation is 1. The van der Waals surface area contributed by atoms with Crippen molar-refractivity contribution in [2.45, 2.75) is 6.18 Å². The number of hydrogen-bond donors (Lipinski definition) is 0. The van der Waals surface area contributed by atoms with Crippen molar-refractivity contribution in [3.63, 3.8) is 0 Å². The summed E-state index contributed by atoms with van der Waals surface area (Å²) in [6.07, 6.45) is -2.44. The lowest BCUT2D eigenvalue weighted by Gasteiger charge is -2.10. The van der Waals surface area contributed by atoms with Crippen LogP contribution in [0.15, 0.2) is 47.5 Å². The molecule has 18 heavy (non-hydrogen) atoms. The number of alkyl halides is 3. The zero-order valence-corrected chi connectivity index (χ0v) is 9.53. The second kappa shape index (κ2) is 4.33. The van der Waals surface area contributed by atoms with Gasteiger partial charge >= 0.3 is 6.18 Å². The average Bonchev–Trinajstić information content (AvgIpc) is 2.31. The fraction of sp³-hybridized carbons (Fsp3) is 0.154. The largest absolute Gasteiger partial charge is 0.421 e. The molecule has 1 heterocycles. The maximum Gasteiger partial charge on any atom is 0.421 e. The molecule has 1 aromatic heterocycles. The van der Waals surface area contributed by atoms with Crippen LogP contribution in [0.2, 0.25) is 0 Å². The summed E-state index contributed by atoms with van der Waals surface area (Å²) in [5.41, 5.74) is -1.62. The molecule has 1 aromatic carbocycles. The molecule has 2 nitrogen and oxygen atoms in total. The Bertz CT molecular complexity index is 614. The molecule has 0 amide bonds. The third-order valence-electron chi connectivity index (χ3n) is 2.54. The molecule has 0 saturated heterocycles. The monoisotopic (exact) mass is 253 g/mol. The summed E-state index contributed by atoms with van der Waals surface area (Å²) < 4.78 is 39.4. The van der Waals surface area contributed by atoms with E-state index in [1.54, 1.807) is 30.3 Å². The first-order valence-corrected chi connectivity index (χ1v) is 5.22. The quantitative estimate of drug-likeness (QED) is 0.765. The van der Waals surface area contributed by atoms with E-state index in [0.717, 1.165) is 6.20 Å². The highest BCUT2D eigenvalue weighted by Gasteiger charge is 2.34. The lowest BCUT2D eigenvalue weighted by molar-refractivity contribution is -0.138. The molecule has 0 saturated carbocycles. The topological polar surface area (TPSA) is 22.0 Å². The van der Waals surface area contributed by atoms with Crippen molar-refractivity contribution >= 4 is 0 Å². The van der Waals surface area contributed by atoms with E-state index in [1.165, 1.54) is 17.8 Å². The maximum atomic E-state index is 12.7. The predicted octanol–water partition coefficient (Wildman–Crippen LogP) is 3.07. The number of nitrogens with zero attached hydrogens (tertiary/aromatic N) is 1. The van der Waals surface area contributed by atoms with Gasteiger partial charge in [0.25, 0.3) is 0 Å². The summed E-state index contributed by atoms with van der Waals surface area (Å²) in [6, 6.07) is 8.30. The standard InChI is InChI=1S/C13H10F3NO/c1-17-7-10(9-5-3-2-4-6-9)12(18)11(8-17)13(14,15)16/h2-8H,1H3. The van der Waals surface area contributed by atoms with Gasteiger partial charge in [0.15, 0.2) is 0 Å². The van der Waals surface area contributed by atoms with E-state index in [4.69, 9.17) is 0 Å². The van der Waals surface area contributed by atoms with Crippen molar-refractivity contribution in [3.05, 3.63) is 58.5 Å². The molecule has 2 aromatic rings.